The van der Waals surface area contributed by atoms with Crippen LogP contribution in [0.2, 0.25) is 0 Å². The number of ether oxygens (including phenoxy) is 1. The summed E-state index contributed by atoms with van der Waals surface area (Å²) in [5.41, 5.74) is 4.07. The van der Waals surface area contributed by atoms with Crippen molar-refractivity contribution >= 4 is 17.8 Å². The quantitative estimate of drug-likeness (QED) is 0.475. The normalized spacial score (nSPS) is 10.6. The van der Waals surface area contributed by atoms with Gasteiger partial charge in [0.25, 0.3) is 5.91 Å². The molecule has 0 aromatic heterocycles. The lowest BCUT2D eigenvalue weighted by Crippen LogP contribution is -2.24. The Morgan fingerprint density at radius 2 is 1.96 bits per heavy atom. The number of carbonyl (C=O) groups is 1. The first-order valence-electron chi connectivity index (χ1n) is 7.36. The van der Waals surface area contributed by atoms with Gasteiger partial charge < -0.3 is 9.84 Å². The third-order valence-electron chi connectivity index (χ3n) is 3.25. The molecular formula is C17H17N3O5. The van der Waals surface area contributed by atoms with E-state index in [0.717, 1.165) is 5.56 Å². The number of nitrogens with zero attached hydrogens (tertiary/aromatic N) is 2. The lowest BCUT2D eigenvalue weighted by Gasteiger charge is -2.06. The molecule has 0 spiro atoms. The number of aryl methyl sites for hydroxylation is 2. The third-order valence-corrected chi connectivity index (χ3v) is 3.25. The fourth-order valence-corrected chi connectivity index (χ4v) is 2.00. The van der Waals surface area contributed by atoms with Crippen molar-refractivity contribution in [1.29, 1.82) is 0 Å². The number of benzene rings is 2. The fraction of sp³-hybridized carbons (Fsp3) is 0.176. The first-order valence-corrected chi connectivity index (χ1v) is 7.36. The smallest absolute Gasteiger partial charge is 0.311 e. The molecule has 0 aliphatic carbocycles. The molecule has 2 aromatic rings. The first-order chi connectivity index (χ1) is 11.9. The van der Waals surface area contributed by atoms with Gasteiger partial charge in [-0.05, 0) is 43.2 Å². The number of nitro benzene ring substituents is 1. The Morgan fingerprint density at radius 1 is 1.28 bits per heavy atom. The number of carbonyl (C=O) groups excluding carboxylic acids is 1. The molecule has 0 atom stereocenters. The molecule has 2 rings (SSSR count). The molecule has 25 heavy (non-hydrogen) atoms. The molecule has 1 amide bonds. The van der Waals surface area contributed by atoms with Gasteiger partial charge in [0.2, 0.25) is 0 Å². The number of phenols is 1. The van der Waals surface area contributed by atoms with Crippen LogP contribution in [0, 0.1) is 24.0 Å². The number of phenolic OH excluding ortho intramolecular Hbond substituents is 1. The number of aromatic hydroxyl groups is 1. The number of hydrazone groups is 1. The molecular weight excluding hydrogens is 326 g/mol. The lowest BCUT2D eigenvalue weighted by atomic mass is 10.1. The second-order valence-electron chi connectivity index (χ2n) is 5.37. The van der Waals surface area contributed by atoms with Crippen molar-refractivity contribution < 1.29 is 19.6 Å². The van der Waals surface area contributed by atoms with Crippen LogP contribution in [0.25, 0.3) is 0 Å². The van der Waals surface area contributed by atoms with E-state index in [2.05, 4.69) is 10.5 Å². The molecule has 0 aliphatic rings. The zero-order valence-electron chi connectivity index (χ0n) is 13.7. The molecule has 0 heterocycles. The van der Waals surface area contributed by atoms with Gasteiger partial charge in [-0.15, -0.1) is 0 Å². The summed E-state index contributed by atoms with van der Waals surface area (Å²) in [5.74, 6) is -0.534. The summed E-state index contributed by atoms with van der Waals surface area (Å²) >= 11 is 0. The van der Waals surface area contributed by atoms with Crippen molar-refractivity contribution in [3.63, 3.8) is 0 Å². The number of hydrogen-bond acceptors (Lipinski definition) is 6. The second kappa shape index (κ2) is 7.91. The number of amides is 1. The summed E-state index contributed by atoms with van der Waals surface area (Å²) in [6, 6.07) is 9.48. The van der Waals surface area contributed by atoms with E-state index in [9.17, 15) is 20.0 Å². The van der Waals surface area contributed by atoms with Gasteiger partial charge >= 0.3 is 5.69 Å². The van der Waals surface area contributed by atoms with Crippen LogP contribution in [-0.2, 0) is 4.79 Å². The molecule has 0 fully saturated rings. The minimum Gasteiger partial charge on any atom is -0.507 e. The van der Waals surface area contributed by atoms with Crippen LogP contribution in [0.15, 0.2) is 41.5 Å². The van der Waals surface area contributed by atoms with E-state index in [-0.39, 0.29) is 17.2 Å². The average molecular weight is 343 g/mol. The van der Waals surface area contributed by atoms with E-state index < -0.39 is 17.4 Å². The molecule has 0 radical (unpaired) electrons. The van der Waals surface area contributed by atoms with Crippen LogP contribution in [0.1, 0.15) is 16.7 Å². The van der Waals surface area contributed by atoms with Crippen LogP contribution < -0.4 is 10.2 Å². The molecule has 8 nitrogen and oxygen atoms in total. The van der Waals surface area contributed by atoms with Crippen LogP contribution in [0.3, 0.4) is 0 Å². The van der Waals surface area contributed by atoms with Crippen LogP contribution in [0.4, 0.5) is 5.69 Å². The van der Waals surface area contributed by atoms with Gasteiger partial charge in [0.05, 0.1) is 11.1 Å². The number of nitro groups is 1. The standard InChI is InChI=1S/C17H17N3O5/c1-11-4-6-16(14(7-11)20(23)24)25-10-17(22)19-18-9-13-5-3-12(2)8-15(13)21/h3-9,21H,10H2,1-2H3,(H,19,22)/b18-9-. The molecule has 130 valence electrons. The van der Waals surface area contributed by atoms with Gasteiger partial charge in [-0.1, -0.05) is 12.1 Å². The Kier molecular flexibility index (Phi) is 5.67. The van der Waals surface area contributed by atoms with Gasteiger partial charge in [-0.3, -0.25) is 14.9 Å². The summed E-state index contributed by atoms with van der Waals surface area (Å²) in [6.07, 6.45) is 1.29. The summed E-state index contributed by atoms with van der Waals surface area (Å²) in [7, 11) is 0. The van der Waals surface area contributed by atoms with E-state index >= 15 is 0 Å². The minimum atomic E-state index is -0.585. The number of nitrogens with one attached hydrogen (secondary N) is 1. The van der Waals surface area contributed by atoms with Crippen molar-refractivity contribution in [3.05, 3.63) is 63.2 Å². The predicted octanol–water partition coefficient (Wildman–Crippen LogP) is 2.45. The van der Waals surface area contributed by atoms with Crippen molar-refractivity contribution in [2.75, 3.05) is 6.61 Å². The van der Waals surface area contributed by atoms with Crippen molar-refractivity contribution in [2.45, 2.75) is 13.8 Å². The van der Waals surface area contributed by atoms with Gasteiger partial charge in [-0.25, -0.2) is 5.43 Å². The zero-order valence-corrected chi connectivity index (χ0v) is 13.7. The Labute approximate surface area is 143 Å². The van der Waals surface area contributed by atoms with Gasteiger partial charge in [0, 0.05) is 11.6 Å². The lowest BCUT2D eigenvalue weighted by molar-refractivity contribution is -0.385. The summed E-state index contributed by atoms with van der Waals surface area (Å²) in [6.45, 7) is 3.13. The molecule has 8 heteroatoms. The molecule has 0 saturated carbocycles. The van der Waals surface area contributed by atoms with Crippen LogP contribution >= 0.6 is 0 Å². The highest BCUT2D eigenvalue weighted by Gasteiger charge is 2.16. The van der Waals surface area contributed by atoms with E-state index in [0.29, 0.717) is 11.1 Å². The van der Waals surface area contributed by atoms with E-state index in [1.54, 1.807) is 31.2 Å². The highest BCUT2D eigenvalue weighted by Crippen LogP contribution is 2.27. The second-order valence-corrected chi connectivity index (χ2v) is 5.37. The summed E-state index contributed by atoms with van der Waals surface area (Å²) in [5, 5.41) is 24.4. The van der Waals surface area contributed by atoms with E-state index in [1.807, 2.05) is 6.92 Å². The van der Waals surface area contributed by atoms with Crippen molar-refractivity contribution in [2.24, 2.45) is 5.10 Å². The average Bonchev–Trinajstić information content (AvgIpc) is 2.55. The van der Waals surface area contributed by atoms with Crippen LogP contribution in [0.5, 0.6) is 11.5 Å². The SMILES string of the molecule is Cc1ccc(/C=N\NC(=O)COc2ccc(C)cc2[N+](=O)[O-])c(O)c1. The Hall–Kier alpha value is -3.42. The monoisotopic (exact) mass is 343 g/mol. The minimum absolute atomic E-state index is 0.00547. The van der Waals surface area contributed by atoms with Gasteiger partial charge in [0.1, 0.15) is 5.75 Å². The molecule has 0 saturated heterocycles. The van der Waals surface area contributed by atoms with Crippen LogP contribution in [-0.4, -0.2) is 28.8 Å². The maximum Gasteiger partial charge on any atom is 0.311 e. The highest BCUT2D eigenvalue weighted by molar-refractivity contribution is 5.85. The third kappa shape index (κ3) is 5.03. The highest BCUT2D eigenvalue weighted by atomic mass is 16.6. The maximum absolute atomic E-state index is 11.7. The molecule has 0 aliphatic heterocycles. The molecule has 0 bridgehead atoms. The van der Waals surface area contributed by atoms with E-state index in [1.165, 1.54) is 18.3 Å². The Balaban J connectivity index is 1.93. The fourth-order valence-electron chi connectivity index (χ4n) is 2.00. The maximum atomic E-state index is 11.7. The van der Waals surface area contributed by atoms with E-state index in [4.69, 9.17) is 4.74 Å². The zero-order chi connectivity index (χ0) is 18.4. The predicted molar refractivity (Wildman–Crippen MR) is 91.9 cm³/mol. The molecule has 2 aromatic carbocycles. The largest absolute Gasteiger partial charge is 0.507 e. The topological polar surface area (TPSA) is 114 Å². The number of rotatable bonds is 6. The van der Waals surface area contributed by atoms with Gasteiger partial charge in [-0.2, -0.15) is 5.10 Å². The van der Waals surface area contributed by atoms with Crippen molar-refractivity contribution in [3.8, 4) is 11.5 Å². The summed E-state index contributed by atoms with van der Waals surface area (Å²) < 4.78 is 5.18. The van der Waals surface area contributed by atoms with Gasteiger partial charge in [0.15, 0.2) is 12.4 Å². The number of hydrogen-bond donors (Lipinski definition) is 2. The Bertz CT molecular complexity index is 833. The summed E-state index contributed by atoms with van der Waals surface area (Å²) in [4.78, 5) is 22.1. The van der Waals surface area contributed by atoms with Crippen molar-refractivity contribution in [1.82, 2.24) is 5.43 Å². The molecule has 0 unspecified atom stereocenters. The Morgan fingerprint density at radius 3 is 2.64 bits per heavy atom. The first kappa shape index (κ1) is 17.9. The molecule has 2 N–H and O–H groups in total.